The molecule has 0 spiro atoms. The molecule has 2 aromatic rings. The first-order valence-electron chi connectivity index (χ1n) is 10.5. The minimum atomic E-state index is -3.50. The number of hydrogen-bond acceptors (Lipinski definition) is 4. The number of benzene rings is 2. The van der Waals surface area contributed by atoms with E-state index in [-0.39, 0.29) is 4.90 Å². The van der Waals surface area contributed by atoms with Gasteiger partial charge in [-0.05, 0) is 74.1 Å². The van der Waals surface area contributed by atoms with Gasteiger partial charge in [-0.2, -0.15) is 0 Å². The summed E-state index contributed by atoms with van der Waals surface area (Å²) < 4.78 is 32.9. The predicted octanol–water partition coefficient (Wildman–Crippen LogP) is 4.30. The predicted molar refractivity (Wildman–Crippen MR) is 118 cm³/mol. The normalized spacial score (nSPS) is 15.2. The van der Waals surface area contributed by atoms with Gasteiger partial charge in [0.2, 0.25) is 10.0 Å². The molecule has 0 saturated carbocycles. The van der Waals surface area contributed by atoms with E-state index in [1.165, 1.54) is 36.9 Å². The van der Waals surface area contributed by atoms with Crippen molar-refractivity contribution in [3.8, 4) is 5.75 Å². The van der Waals surface area contributed by atoms with Crippen molar-refractivity contribution in [2.45, 2.75) is 50.3 Å². The maximum Gasteiger partial charge on any atom is 0.240 e. The van der Waals surface area contributed by atoms with E-state index in [1.54, 1.807) is 25.3 Å². The van der Waals surface area contributed by atoms with E-state index < -0.39 is 10.0 Å². The first kappa shape index (κ1) is 21.7. The molecule has 0 atom stereocenters. The molecule has 0 bridgehead atoms. The Labute approximate surface area is 175 Å². The Morgan fingerprint density at radius 1 is 1.00 bits per heavy atom. The summed E-state index contributed by atoms with van der Waals surface area (Å²) in [6.45, 7) is 4.55. The quantitative estimate of drug-likeness (QED) is 0.652. The first-order chi connectivity index (χ1) is 14.0. The molecule has 1 heterocycles. The van der Waals surface area contributed by atoms with Crippen LogP contribution >= 0.6 is 0 Å². The van der Waals surface area contributed by atoms with Gasteiger partial charge in [-0.1, -0.05) is 25.0 Å². The summed E-state index contributed by atoms with van der Waals surface area (Å²) >= 11 is 0. The van der Waals surface area contributed by atoms with E-state index in [1.807, 2.05) is 6.92 Å². The molecule has 3 rings (SSSR count). The Kier molecular flexibility index (Phi) is 7.56. The zero-order valence-corrected chi connectivity index (χ0v) is 18.3. The standard InChI is InChI=1S/C23H32N2O3S/c1-19-18-22(13-14-23(19)28-2)29(26,27)24-15-7-8-20-9-11-21(12-10-20)25-16-5-3-4-6-17-25/h9-14,18,24H,3-8,15-17H2,1-2H3. The molecule has 5 nitrogen and oxygen atoms in total. The van der Waals surface area contributed by atoms with E-state index in [0.717, 1.165) is 31.5 Å². The maximum absolute atomic E-state index is 12.5. The van der Waals surface area contributed by atoms with E-state index in [9.17, 15) is 8.42 Å². The van der Waals surface area contributed by atoms with Gasteiger partial charge in [-0.3, -0.25) is 0 Å². The number of ether oxygens (including phenoxy) is 1. The van der Waals surface area contributed by atoms with Crippen molar-refractivity contribution in [3.63, 3.8) is 0 Å². The number of methoxy groups -OCH3 is 1. The fraction of sp³-hybridized carbons (Fsp3) is 0.478. The summed E-state index contributed by atoms with van der Waals surface area (Å²) in [5.74, 6) is 0.688. The topological polar surface area (TPSA) is 58.6 Å². The molecule has 1 aliphatic heterocycles. The smallest absolute Gasteiger partial charge is 0.240 e. The van der Waals surface area contributed by atoms with Gasteiger partial charge in [0, 0.05) is 25.3 Å². The van der Waals surface area contributed by atoms with Gasteiger partial charge >= 0.3 is 0 Å². The van der Waals surface area contributed by atoms with Crippen LogP contribution in [0.4, 0.5) is 5.69 Å². The van der Waals surface area contributed by atoms with Crippen molar-refractivity contribution >= 4 is 15.7 Å². The SMILES string of the molecule is COc1ccc(S(=O)(=O)NCCCc2ccc(N3CCCCCC3)cc2)cc1C. The van der Waals surface area contributed by atoms with Crippen LogP contribution in [0.15, 0.2) is 47.4 Å². The average molecular weight is 417 g/mol. The van der Waals surface area contributed by atoms with Crippen molar-refractivity contribution < 1.29 is 13.2 Å². The Morgan fingerprint density at radius 2 is 1.69 bits per heavy atom. The van der Waals surface area contributed by atoms with Gasteiger partial charge in [-0.25, -0.2) is 13.1 Å². The molecule has 0 amide bonds. The third-order valence-corrected chi connectivity index (χ3v) is 6.98. The lowest BCUT2D eigenvalue weighted by atomic mass is 10.1. The van der Waals surface area contributed by atoms with Crippen molar-refractivity contribution in [1.29, 1.82) is 0 Å². The monoisotopic (exact) mass is 416 g/mol. The molecule has 29 heavy (non-hydrogen) atoms. The molecule has 0 aromatic heterocycles. The highest BCUT2D eigenvalue weighted by molar-refractivity contribution is 7.89. The van der Waals surface area contributed by atoms with Crippen LogP contribution in [0.1, 0.15) is 43.2 Å². The number of hydrogen-bond donors (Lipinski definition) is 1. The molecule has 0 radical (unpaired) electrons. The molecule has 2 aromatic carbocycles. The van der Waals surface area contributed by atoms with Crippen molar-refractivity contribution in [2.24, 2.45) is 0 Å². The van der Waals surface area contributed by atoms with E-state index in [4.69, 9.17) is 4.74 Å². The molecule has 1 aliphatic rings. The Hall–Kier alpha value is -2.05. The second kappa shape index (κ2) is 10.1. The van der Waals surface area contributed by atoms with Crippen molar-refractivity contribution in [2.75, 3.05) is 31.6 Å². The van der Waals surface area contributed by atoms with E-state index >= 15 is 0 Å². The van der Waals surface area contributed by atoms with E-state index in [0.29, 0.717) is 12.3 Å². The summed E-state index contributed by atoms with van der Waals surface area (Å²) in [6.07, 6.45) is 6.83. The van der Waals surface area contributed by atoms with Gasteiger partial charge < -0.3 is 9.64 Å². The molecule has 0 aliphatic carbocycles. The van der Waals surface area contributed by atoms with Gasteiger partial charge in [0.1, 0.15) is 5.75 Å². The Bertz CT molecular complexity index is 887. The van der Waals surface area contributed by atoms with Crippen LogP contribution in [0.2, 0.25) is 0 Å². The highest BCUT2D eigenvalue weighted by Gasteiger charge is 2.15. The van der Waals surface area contributed by atoms with Crippen LogP contribution in [0.5, 0.6) is 5.75 Å². The number of anilines is 1. The lowest BCUT2D eigenvalue weighted by molar-refractivity contribution is 0.411. The highest BCUT2D eigenvalue weighted by Crippen LogP contribution is 2.22. The molecule has 1 N–H and O–H groups in total. The second-order valence-corrected chi connectivity index (χ2v) is 9.47. The number of nitrogens with one attached hydrogen (secondary N) is 1. The Morgan fingerprint density at radius 3 is 2.31 bits per heavy atom. The molecule has 1 saturated heterocycles. The molecule has 158 valence electrons. The molecule has 6 heteroatoms. The number of rotatable bonds is 8. The van der Waals surface area contributed by atoms with E-state index in [2.05, 4.69) is 33.9 Å². The summed E-state index contributed by atoms with van der Waals surface area (Å²) in [7, 11) is -1.92. The van der Waals surface area contributed by atoms with Gasteiger partial charge in [0.05, 0.1) is 12.0 Å². The third-order valence-electron chi connectivity index (χ3n) is 5.52. The third kappa shape index (κ3) is 5.97. The van der Waals surface area contributed by atoms with Gasteiger partial charge in [0.15, 0.2) is 0 Å². The zero-order chi connectivity index (χ0) is 20.7. The number of aryl methyl sites for hydroxylation is 2. The van der Waals surface area contributed by atoms with Gasteiger partial charge in [-0.15, -0.1) is 0 Å². The fourth-order valence-electron chi connectivity index (χ4n) is 3.80. The van der Waals surface area contributed by atoms with Crippen LogP contribution in [0.25, 0.3) is 0 Å². The van der Waals surface area contributed by atoms with Crippen LogP contribution in [-0.4, -0.2) is 35.2 Å². The van der Waals surface area contributed by atoms with Crippen LogP contribution in [0.3, 0.4) is 0 Å². The van der Waals surface area contributed by atoms with Crippen LogP contribution in [0, 0.1) is 6.92 Å². The minimum absolute atomic E-state index is 0.276. The average Bonchev–Trinajstić information content (AvgIpc) is 3.01. The largest absolute Gasteiger partial charge is 0.496 e. The molecular formula is C23H32N2O3S. The van der Waals surface area contributed by atoms with Crippen molar-refractivity contribution in [1.82, 2.24) is 4.72 Å². The van der Waals surface area contributed by atoms with Crippen LogP contribution in [-0.2, 0) is 16.4 Å². The summed E-state index contributed by atoms with van der Waals surface area (Å²) in [4.78, 5) is 2.75. The maximum atomic E-state index is 12.5. The minimum Gasteiger partial charge on any atom is -0.496 e. The first-order valence-corrected chi connectivity index (χ1v) is 12.0. The number of nitrogens with zero attached hydrogens (tertiary/aromatic N) is 1. The second-order valence-electron chi connectivity index (χ2n) is 7.70. The molecular weight excluding hydrogens is 384 g/mol. The highest BCUT2D eigenvalue weighted by atomic mass is 32.2. The lowest BCUT2D eigenvalue weighted by Gasteiger charge is -2.22. The Balaban J connectivity index is 1.49. The fourth-order valence-corrected chi connectivity index (χ4v) is 4.96. The summed E-state index contributed by atoms with van der Waals surface area (Å²) in [6, 6.07) is 13.6. The van der Waals surface area contributed by atoms with Gasteiger partial charge in [0.25, 0.3) is 0 Å². The summed E-state index contributed by atoms with van der Waals surface area (Å²) in [5.41, 5.74) is 3.34. The summed E-state index contributed by atoms with van der Waals surface area (Å²) in [5, 5.41) is 0. The zero-order valence-electron chi connectivity index (χ0n) is 17.5. The van der Waals surface area contributed by atoms with Crippen molar-refractivity contribution in [3.05, 3.63) is 53.6 Å². The number of sulfonamides is 1. The van der Waals surface area contributed by atoms with Crippen LogP contribution < -0.4 is 14.4 Å². The molecule has 0 unspecified atom stereocenters. The molecule has 1 fully saturated rings. The lowest BCUT2D eigenvalue weighted by Crippen LogP contribution is -2.25.